The van der Waals surface area contributed by atoms with Crippen LogP contribution in [0.25, 0.3) is 0 Å². The Kier molecular flexibility index (Phi) is 4.68. The van der Waals surface area contributed by atoms with Crippen molar-refractivity contribution in [1.82, 2.24) is 4.72 Å². The van der Waals surface area contributed by atoms with E-state index in [1.807, 2.05) is 32.0 Å². The zero-order chi connectivity index (χ0) is 12.9. The highest BCUT2D eigenvalue weighted by Gasteiger charge is 2.26. The van der Waals surface area contributed by atoms with Crippen LogP contribution in [-0.4, -0.2) is 20.5 Å². The molecule has 0 heterocycles. The zero-order valence-electron chi connectivity index (χ0n) is 10.3. The highest BCUT2D eigenvalue weighted by atomic mass is 32.2. The maximum atomic E-state index is 12.0. The third-order valence-corrected chi connectivity index (χ3v) is 4.35. The van der Waals surface area contributed by atoms with Gasteiger partial charge in [0.05, 0.1) is 5.75 Å². The molecule has 96 valence electrons. The van der Waals surface area contributed by atoms with Crippen LogP contribution in [0.1, 0.15) is 25.8 Å². The molecule has 5 heteroatoms. The summed E-state index contributed by atoms with van der Waals surface area (Å²) in [5.41, 5.74) is 5.80. The highest BCUT2D eigenvalue weighted by molar-refractivity contribution is 7.88. The fourth-order valence-corrected chi connectivity index (χ4v) is 3.15. The van der Waals surface area contributed by atoms with E-state index in [9.17, 15) is 8.42 Å². The van der Waals surface area contributed by atoms with E-state index in [0.29, 0.717) is 6.42 Å². The number of rotatable bonds is 6. The van der Waals surface area contributed by atoms with Crippen LogP contribution in [0.2, 0.25) is 0 Å². The molecule has 0 saturated carbocycles. The first-order valence-electron chi connectivity index (χ1n) is 5.66. The summed E-state index contributed by atoms with van der Waals surface area (Å²) in [6.07, 6.45) is 0.664. The van der Waals surface area contributed by atoms with Crippen LogP contribution >= 0.6 is 0 Å². The third-order valence-electron chi connectivity index (χ3n) is 2.83. The average molecular weight is 256 g/mol. The molecule has 1 unspecified atom stereocenters. The summed E-state index contributed by atoms with van der Waals surface area (Å²) < 4.78 is 26.6. The molecular weight excluding hydrogens is 236 g/mol. The summed E-state index contributed by atoms with van der Waals surface area (Å²) in [7, 11) is -3.35. The maximum absolute atomic E-state index is 12.0. The molecule has 0 spiro atoms. The van der Waals surface area contributed by atoms with Crippen molar-refractivity contribution in [3.63, 3.8) is 0 Å². The van der Waals surface area contributed by atoms with E-state index in [4.69, 9.17) is 5.73 Å². The first kappa shape index (κ1) is 14.2. The predicted octanol–water partition coefficient (Wildman–Crippen LogP) is 1.23. The van der Waals surface area contributed by atoms with Gasteiger partial charge in [-0.1, -0.05) is 37.3 Å². The average Bonchev–Trinajstić information content (AvgIpc) is 2.29. The maximum Gasteiger partial charge on any atom is 0.216 e. The van der Waals surface area contributed by atoms with Gasteiger partial charge in [-0.25, -0.2) is 13.1 Å². The van der Waals surface area contributed by atoms with Crippen molar-refractivity contribution >= 4 is 10.0 Å². The Bertz CT molecular complexity index is 439. The lowest BCUT2D eigenvalue weighted by Crippen LogP contribution is -2.51. The molecule has 0 radical (unpaired) electrons. The summed E-state index contributed by atoms with van der Waals surface area (Å²) >= 11 is 0. The zero-order valence-corrected chi connectivity index (χ0v) is 11.1. The molecule has 0 amide bonds. The molecule has 0 bridgehead atoms. The van der Waals surface area contributed by atoms with Gasteiger partial charge >= 0.3 is 0 Å². The van der Waals surface area contributed by atoms with Crippen LogP contribution in [0.3, 0.4) is 0 Å². The SMILES string of the molecule is CCC(C)(CN)NS(=O)(=O)Cc1ccccc1. The Balaban J connectivity index is 2.77. The van der Waals surface area contributed by atoms with E-state index in [2.05, 4.69) is 4.72 Å². The molecule has 0 aromatic heterocycles. The highest BCUT2D eigenvalue weighted by Crippen LogP contribution is 2.12. The first-order chi connectivity index (χ1) is 7.91. The lowest BCUT2D eigenvalue weighted by Gasteiger charge is -2.27. The molecule has 1 atom stereocenters. The minimum Gasteiger partial charge on any atom is -0.329 e. The summed E-state index contributed by atoms with van der Waals surface area (Å²) in [5.74, 6) is -0.0105. The van der Waals surface area contributed by atoms with Crippen molar-refractivity contribution in [3.8, 4) is 0 Å². The molecular formula is C12H20N2O2S. The fraction of sp³-hybridized carbons (Fsp3) is 0.500. The van der Waals surface area contributed by atoms with Crippen molar-refractivity contribution in [1.29, 1.82) is 0 Å². The van der Waals surface area contributed by atoms with Crippen molar-refractivity contribution in [3.05, 3.63) is 35.9 Å². The Labute approximate surface area is 103 Å². The van der Waals surface area contributed by atoms with E-state index in [1.165, 1.54) is 0 Å². The topological polar surface area (TPSA) is 72.2 Å². The number of hydrogen-bond acceptors (Lipinski definition) is 3. The number of nitrogens with one attached hydrogen (secondary N) is 1. The predicted molar refractivity (Wildman–Crippen MR) is 70.0 cm³/mol. The second-order valence-electron chi connectivity index (χ2n) is 4.47. The largest absolute Gasteiger partial charge is 0.329 e. The quantitative estimate of drug-likeness (QED) is 0.804. The van der Waals surface area contributed by atoms with Crippen LogP contribution < -0.4 is 10.5 Å². The van der Waals surface area contributed by atoms with Crippen molar-refractivity contribution in [2.45, 2.75) is 31.6 Å². The molecule has 0 saturated heterocycles. The van der Waals surface area contributed by atoms with Gasteiger partial charge in [0, 0.05) is 12.1 Å². The summed E-state index contributed by atoms with van der Waals surface area (Å²) in [4.78, 5) is 0. The second-order valence-corrected chi connectivity index (χ2v) is 6.19. The third kappa shape index (κ3) is 4.46. The Morgan fingerprint density at radius 2 is 1.88 bits per heavy atom. The van der Waals surface area contributed by atoms with E-state index >= 15 is 0 Å². The van der Waals surface area contributed by atoms with Crippen LogP contribution in [0.4, 0.5) is 0 Å². The molecule has 0 aliphatic carbocycles. The Morgan fingerprint density at radius 1 is 1.29 bits per heavy atom. The standard InChI is InChI=1S/C12H20N2O2S/c1-3-12(2,10-13)14-17(15,16)9-11-7-5-4-6-8-11/h4-8,14H,3,9-10,13H2,1-2H3. The van der Waals surface area contributed by atoms with Crippen LogP contribution in [0, 0.1) is 0 Å². The van der Waals surface area contributed by atoms with Gasteiger partial charge in [-0.2, -0.15) is 0 Å². The van der Waals surface area contributed by atoms with Crippen LogP contribution in [0.5, 0.6) is 0 Å². The van der Waals surface area contributed by atoms with E-state index in [1.54, 1.807) is 12.1 Å². The first-order valence-corrected chi connectivity index (χ1v) is 7.32. The number of hydrogen-bond donors (Lipinski definition) is 2. The molecule has 1 aromatic rings. The van der Waals surface area contributed by atoms with Gasteiger partial charge in [-0.3, -0.25) is 0 Å². The summed E-state index contributed by atoms with van der Waals surface area (Å²) in [6, 6.07) is 9.11. The van der Waals surface area contributed by atoms with Crippen molar-refractivity contribution in [2.24, 2.45) is 5.73 Å². The Hall–Kier alpha value is -0.910. The van der Waals surface area contributed by atoms with E-state index in [0.717, 1.165) is 5.56 Å². The monoisotopic (exact) mass is 256 g/mol. The molecule has 0 fully saturated rings. The van der Waals surface area contributed by atoms with Gasteiger partial charge < -0.3 is 5.73 Å². The van der Waals surface area contributed by atoms with Gasteiger partial charge in [-0.15, -0.1) is 0 Å². The molecule has 17 heavy (non-hydrogen) atoms. The molecule has 4 nitrogen and oxygen atoms in total. The molecule has 3 N–H and O–H groups in total. The fourth-order valence-electron chi connectivity index (χ4n) is 1.46. The normalized spacial score (nSPS) is 15.5. The summed E-state index contributed by atoms with van der Waals surface area (Å²) in [6.45, 7) is 4.02. The van der Waals surface area contributed by atoms with Gasteiger partial charge in [-0.05, 0) is 18.9 Å². The van der Waals surface area contributed by atoms with Gasteiger partial charge in [0.2, 0.25) is 10.0 Å². The number of benzene rings is 1. The lowest BCUT2D eigenvalue weighted by atomic mass is 10.0. The van der Waals surface area contributed by atoms with Gasteiger partial charge in [0.25, 0.3) is 0 Å². The number of sulfonamides is 1. The van der Waals surface area contributed by atoms with Crippen molar-refractivity contribution in [2.75, 3.05) is 6.54 Å². The second kappa shape index (κ2) is 5.62. The van der Waals surface area contributed by atoms with Crippen molar-refractivity contribution < 1.29 is 8.42 Å². The minimum atomic E-state index is -3.35. The minimum absolute atomic E-state index is 0.0105. The summed E-state index contributed by atoms with van der Waals surface area (Å²) in [5, 5.41) is 0. The smallest absolute Gasteiger partial charge is 0.216 e. The molecule has 1 aromatic carbocycles. The lowest BCUT2D eigenvalue weighted by molar-refractivity contribution is 0.411. The van der Waals surface area contributed by atoms with E-state index in [-0.39, 0.29) is 12.3 Å². The van der Waals surface area contributed by atoms with Crippen LogP contribution in [0.15, 0.2) is 30.3 Å². The van der Waals surface area contributed by atoms with Gasteiger partial charge in [0.15, 0.2) is 0 Å². The molecule has 0 aliphatic rings. The van der Waals surface area contributed by atoms with Crippen LogP contribution in [-0.2, 0) is 15.8 Å². The van der Waals surface area contributed by atoms with E-state index < -0.39 is 15.6 Å². The molecule has 1 rings (SSSR count). The number of nitrogens with two attached hydrogens (primary N) is 1. The molecule has 0 aliphatic heterocycles. The Morgan fingerprint density at radius 3 is 2.35 bits per heavy atom. The van der Waals surface area contributed by atoms with Gasteiger partial charge in [0.1, 0.15) is 0 Å².